The molecule has 7 nitrogen and oxygen atoms in total. The first-order chi connectivity index (χ1) is 12.1. The summed E-state index contributed by atoms with van der Waals surface area (Å²) in [5.41, 5.74) is 0. The Labute approximate surface area is 150 Å². The van der Waals surface area contributed by atoms with E-state index in [0.29, 0.717) is 52.0 Å². The van der Waals surface area contributed by atoms with Crippen LogP contribution in [0.5, 0.6) is 0 Å². The van der Waals surface area contributed by atoms with Crippen molar-refractivity contribution >= 4 is 11.9 Å². The quantitative estimate of drug-likeness (QED) is 0.756. The van der Waals surface area contributed by atoms with Gasteiger partial charge in [-0.05, 0) is 12.8 Å². The molecule has 0 spiro atoms. The highest BCUT2D eigenvalue weighted by molar-refractivity contribution is 5.78. The summed E-state index contributed by atoms with van der Waals surface area (Å²) in [5, 5.41) is 0. The Morgan fingerprint density at radius 3 is 2.16 bits per heavy atom. The molecule has 1 aliphatic carbocycles. The lowest BCUT2D eigenvalue weighted by Crippen LogP contribution is -2.56. The van der Waals surface area contributed by atoms with Gasteiger partial charge in [0.15, 0.2) is 0 Å². The van der Waals surface area contributed by atoms with E-state index in [-0.39, 0.29) is 11.9 Å². The van der Waals surface area contributed by atoms with Gasteiger partial charge in [-0.1, -0.05) is 19.3 Å². The Morgan fingerprint density at radius 1 is 0.920 bits per heavy atom. The second-order valence-corrected chi connectivity index (χ2v) is 7.44. The van der Waals surface area contributed by atoms with Gasteiger partial charge in [0, 0.05) is 52.4 Å². The fourth-order valence-corrected chi connectivity index (χ4v) is 4.03. The van der Waals surface area contributed by atoms with Crippen LogP contribution in [0.4, 0.5) is 4.79 Å². The molecule has 2 aliphatic heterocycles. The third-order valence-corrected chi connectivity index (χ3v) is 5.80. The third kappa shape index (κ3) is 4.85. The van der Waals surface area contributed by atoms with E-state index in [2.05, 4.69) is 4.90 Å². The van der Waals surface area contributed by atoms with Crippen LogP contribution >= 0.6 is 0 Å². The number of piperazine rings is 1. The predicted octanol–water partition coefficient (Wildman–Crippen LogP) is 0.847. The van der Waals surface area contributed by atoms with Crippen LogP contribution in [0.1, 0.15) is 32.1 Å². The number of hydrogen-bond acceptors (Lipinski definition) is 4. The maximum absolute atomic E-state index is 12.6. The minimum absolute atomic E-state index is 0.119. The molecule has 3 amide bonds. The molecule has 0 bridgehead atoms. The summed E-state index contributed by atoms with van der Waals surface area (Å²) in [4.78, 5) is 33.0. The van der Waals surface area contributed by atoms with E-state index in [1.54, 1.807) is 0 Å². The number of urea groups is 1. The van der Waals surface area contributed by atoms with Gasteiger partial charge in [-0.25, -0.2) is 4.79 Å². The van der Waals surface area contributed by atoms with Crippen molar-refractivity contribution in [3.05, 3.63) is 0 Å². The van der Waals surface area contributed by atoms with E-state index < -0.39 is 0 Å². The SMILES string of the molecule is CN(C(=O)CN1CCN(C(=O)N2CCOCC2)CC1)C1CCCCC1. The Balaban J connectivity index is 1.41. The predicted molar refractivity (Wildman–Crippen MR) is 95.4 cm³/mol. The average Bonchev–Trinajstić information content (AvgIpc) is 2.68. The number of carbonyl (C=O) groups excluding carboxylic acids is 2. The number of hydrogen-bond donors (Lipinski definition) is 0. The monoisotopic (exact) mass is 352 g/mol. The minimum atomic E-state index is 0.119. The van der Waals surface area contributed by atoms with Gasteiger partial charge < -0.3 is 19.4 Å². The molecule has 0 radical (unpaired) electrons. The maximum Gasteiger partial charge on any atom is 0.320 e. The highest BCUT2D eigenvalue weighted by Gasteiger charge is 2.28. The Hall–Kier alpha value is -1.34. The van der Waals surface area contributed by atoms with Gasteiger partial charge in [-0.3, -0.25) is 9.69 Å². The third-order valence-electron chi connectivity index (χ3n) is 5.80. The number of likely N-dealkylation sites (N-methyl/N-ethyl adjacent to an activating group) is 1. The molecule has 1 saturated carbocycles. The van der Waals surface area contributed by atoms with Crippen LogP contribution < -0.4 is 0 Å². The number of rotatable bonds is 3. The average molecular weight is 352 g/mol. The van der Waals surface area contributed by atoms with E-state index in [0.717, 1.165) is 25.9 Å². The Bertz CT molecular complexity index is 453. The van der Waals surface area contributed by atoms with Crippen LogP contribution in [-0.4, -0.2) is 104 Å². The van der Waals surface area contributed by atoms with Crippen LogP contribution in [0, 0.1) is 0 Å². The van der Waals surface area contributed by atoms with Gasteiger partial charge in [-0.2, -0.15) is 0 Å². The molecule has 0 N–H and O–H groups in total. The molecule has 25 heavy (non-hydrogen) atoms. The van der Waals surface area contributed by atoms with Crippen molar-refractivity contribution in [2.24, 2.45) is 0 Å². The van der Waals surface area contributed by atoms with Crippen LogP contribution in [-0.2, 0) is 9.53 Å². The van der Waals surface area contributed by atoms with Crippen molar-refractivity contribution in [3.63, 3.8) is 0 Å². The zero-order chi connectivity index (χ0) is 17.6. The smallest absolute Gasteiger partial charge is 0.320 e. The molecule has 142 valence electrons. The minimum Gasteiger partial charge on any atom is -0.378 e. The van der Waals surface area contributed by atoms with Gasteiger partial charge in [-0.15, -0.1) is 0 Å². The van der Waals surface area contributed by atoms with Gasteiger partial charge in [0.05, 0.1) is 19.8 Å². The summed E-state index contributed by atoms with van der Waals surface area (Å²) in [7, 11) is 1.95. The molecule has 7 heteroatoms. The number of morpholine rings is 1. The van der Waals surface area contributed by atoms with Gasteiger partial charge >= 0.3 is 6.03 Å². The van der Waals surface area contributed by atoms with E-state index in [4.69, 9.17) is 4.74 Å². The number of carbonyl (C=O) groups is 2. The molecule has 0 atom stereocenters. The lowest BCUT2D eigenvalue weighted by Gasteiger charge is -2.39. The molecular weight excluding hydrogens is 320 g/mol. The summed E-state index contributed by atoms with van der Waals surface area (Å²) >= 11 is 0. The van der Waals surface area contributed by atoms with E-state index in [1.165, 1.54) is 19.3 Å². The summed E-state index contributed by atoms with van der Waals surface area (Å²) in [5.74, 6) is 0.222. The van der Waals surface area contributed by atoms with E-state index in [9.17, 15) is 9.59 Å². The molecule has 2 heterocycles. The Morgan fingerprint density at radius 2 is 1.52 bits per heavy atom. The fourth-order valence-electron chi connectivity index (χ4n) is 4.03. The zero-order valence-corrected chi connectivity index (χ0v) is 15.5. The van der Waals surface area contributed by atoms with Crippen LogP contribution in [0.3, 0.4) is 0 Å². The maximum atomic E-state index is 12.6. The van der Waals surface area contributed by atoms with Gasteiger partial charge in [0.2, 0.25) is 5.91 Å². The van der Waals surface area contributed by atoms with Crippen molar-refractivity contribution in [1.82, 2.24) is 19.6 Å². The lowest BCUT2D eigenvalue weighted by molar-refractivity contribution is -0.134. The fraction of sp³-hybridized carbons (Fsp3) is 0.889. The highest BCUT2D eigenvalue weighted by Crippen LogP contribution is 2.21. The standard InChI is InChI=1S/C18H32N4O3/c1-19(16-5-3-2-4-6-16)17(23)15-20-7-9-21(10-8-20)18(24)22-11-13-25-14-12-22/h16H,2-15H2,1H3. The van der Waals surface area contributed by atoms with Crippen LogP contribution in [0.2, 0.25) is 0 Å². The first-order valence-corrected chi connectivity index (χ1v) is 9.75. The van der Waals surface area contributed by atoms with Crippen molar-refractivity contribution in [2.75, 3.05) is 66.1 Å². The zero-order valence-electron chi connectivity index (χ0n) is 15.5. The highest BCUT2D eigenvalue weighted by atomic mass is 16.5. The number of ether oxygens (including phenoxy) is 1. The summed E-state index contributed by atoms with van der Waals surface area (Å²) < 4.78 is 5.31. The molecule has 0 unspecified atom stereocenters. The van der Waals surface area contributed by atoms with Gasteiger partial charge in [0.25, 0.3) is 0 Å². The van der Waals surface area contributed by atoms with Crippen molar-refractivity contribution in [2.45, 2.75) is 38.1 Å². The summed E-state index contributed by atoms with van der Waals surface area (Å²) in [6.07, 6.45) is 6.07. The second kappa shape index (κ2) is 8.85. The van der Waals surface area contributed by atoms with Crippen molar-refractivity contribution < 1.29 is 14.3 Å². The molecule has 2 saturated heterocycles. The largest absolute Gasteiger partial charge is 0.378 e. The molecule has 3 rings (SSSR count). The number of amides is 3. The lowest BCUT2D eigenvalue weighted by atomic mass is 9.94. The summed E-state index contributed by atoms with van der Waals surface area (Å²) in [6, 6.07) is 0.541. The first kappa shape index (κ1) is 18.5. The van der Waals surface area contributed by atoms with Crippen LogP contribution in [0.15, 0.2) is 0 Å². The molecular formula is C18H32N4O3. The number of nitrogens with zero attached hydrogens (tertiary/aromatic N) is 4. The van der Waals surface area contributed by atoms with Crippen molar-refractivity contribution in [1.29, 1.82) is 0 Å². The second-order valence-electron chi connectivity index (χ2n) is 7.44. The molecule has 3 aliphatic rings. The van der Waals surface area contributed by atoms with Gasteiger partial charge in [0.1, 0.15) is 0 Å². The topological polar surface area (TPSA) is 56.3 Å². The summed E-state index contributed by atoms with van der Waals surface area (Å²) in [6.45, 7) is 6.08. The van der Waals surface area contributed by atoms with E-state index >= 15 is 0 Å². The normalized spacial score (nSPS) is 23.6. The van der Waals surface area contributed by atoms with Crippen molar-refractivity contribution in [3.8, 4) is 0 Å². The molecule has 0 aromatic heterocycles. The first-order valence-electron chi connectivity index (χ1n) is 9.75. The molecule has 3 fully saturated rings. The molecule has 0 aromatic rings. The molecule has 0 aromatic carbocycles. The Kier molecular flexibility index (Phi) is 6.53. The van der Waals surface area contributed by atoms with Crippen LogP contribution in [0.25, 0.3) is 0 Å². The van der Waals surface area contributed by atoms with E-state index in [1.807, 2.05) is 21.7 Å².